The van der Waals surface area contributed by atoms with Crippen molar-refractivity contribution < 1.29 is 9.90 Å². The Morgan fingerprint density at radius 3 is 2.76 bits per heavy atom. The van der Waals surface area contributed by atoms with Crippen molar-refractivity contribution in [3.63, 3.8) is 0 Å². The molecule has 0 saturated carbocycles. The summed E-state index contributed by atoms with van der Waals surface area (Å²) in [5, 5.41) is 11.9. The molecule has 1 amide bonds. The van der Waals surface area contributed by atoms with Crippen molar-refractivity contribution >= 4 is 16.7 Å². The number of carbonyl (C=O) groups excluding carboxylic acids is 1. The van der Waals surface area contributed by atoms with Gasteiger partial charge in [0.05, 0.1) is 12.4 Å². The molecule has 0 unspecified atom stereocenters. The van der Waals surface area contributed by atoms with Crippen molar-refractivity contribution in [3.8, 4) is 0 Å². The summed E-state index contributed by atoms with van der Waals surface area (Å²) < 4.78 is 0. The summed E-state index contributed by atoms with van der Waals surface area (Å²) in [4.78, 5) is 32.4. The fourth-order valence-corrected chi connectivity index (χ4v) is 2.84. The Kier molecular flexibility index (Phi) is 4.90. The minimum absolute atomic E-state index is 0.0385. The van der Waals surface area contributed by atoms with Crippen LogP contribution in [0.25, 0.3) is 10.8 Å². The maximum Gasteiger partial charge on any atom is 0.263 e. The van der Waals surface area contributed by atoms with Crippen LogP contribution >= 0.6 is 0 Å². The monoisotopic (exact) mass is 337 g/mol. The third-order valence-corrected chi connectivity index (χ3v) is 3.96. The van der Waals surface area contributed by atoms with E-state index in [4.69, 9.17) is 0 Å². The second-order valence-corrected chi connectivity index (χ2v) is 5.97. The predicted molar refractivity (Wildman–Crippen MR) is 95.2 cm³/mol. The number of aromatic nitrogens is 2. The Labute approximate surface area is 144 Å². The van der Waals surface area contributed by atoms with Crippen LogP contribution in [-0.4, -0.2) is 38.5 Å². The van der Waals surface area contributed by atoms with Crippen LogP contribution in [0.2, 0.25) is 0 Å². The first-order chi connectivity index (χ1) is 12.1. The third kappa shape index (κ3) is 3.75. The van der Waals surface area contributed by atoms with Crippen molar-refractivity contribution in [2.45, 2.75) is 19.6 Å². The molecule has 1 heterocycles. The molecule has 25 heavy (non-hydrogen) atoms. The van der Waals surface area contributed by atoms with Crippen molar-refractivity contribution in [1.82, 2.24) is 14.9 Å². The van der Waals surface area contributed by atoms with E-state index in [2.05, 4.69) is 9.97 Å². The molecule has 0 aliphatic rings. The van der Waals surface area contributed by atoms with Gasteiger partial charge in [0, 0.05) is 19.3 Å². The lowest BCUT2D eigenvalue weighted by molar-refractivity contribution is 0.0629. The fourth-order valence-electron chi connectivity index (χ4n) is 2.84. The molecule has 0 fully saturated rings. The number of benzene rings is 2. The van der Waals surface area contributed by atoms with Crippen LogP contribution in [0, 0.1) is 0 Å². The summed E-state index contributed by atoms with van der Waals surface area (Å²) in [5.41, 5.74) is 0.421. The average molecular weight is 337 g/mol. The Morgan fingerprint density at radius 2 is 2.00 bits per heavy atom. The van der Waals surface area contributed by atoms with E-state index in [9.17, 15) is 14.7 Å². The highest BCUT2D eigenvalue weighted by molar-refractivity contribution is 5.94. The molecule has 0 aliphatic heterocycles. The number of H-pyrrole nitrogens is 1. The van der Waals surface area contributed by atoms with Crippen LogP contribution in [0.5, 0.6) is 0 Å². The van der Waals surface area contributed by atoms with Gasteiger partial charge >= 0.3 is 0 Å². The third-order valence-electron chi connectivity index (χ3n) is 3.96. The molecule has 0 radical (unpaired) electrons. The number of fused-ring (bicyclic) bond motifs is 1. The van der Waals surface area contributed by atoms with Crippen molar-refractivity contribution in [1.29, 1.82) is 0 Å². The molecule has 1 aromatic heterocycles. The minimum atomic E-state index is -0.713. The van der Waals surface area contributed by atoms with E-state index >= 15 is 0 Å². The summed E-state index contributed by atoms with van der Waals surface area (Å²) in [6.07, 6.45) is 1.77. The topological polar surface area (TPSA) is 86.3 Å². The SMILES string of the molecule is C[C@H](O)CN(Cc1cccc2ccccc12)C(=O)c1cnc[nH]c1=O. The Hall–Kier alpha value is -2.99. The minimum Gasteiger partial charge on any atom is -0.392 e. The predicted octanol–water partition coefficient (Wildman–Crippen LogP) is 1.95. The van der Waals surface area contributed by atoms with Gasteiger partial charge in [-0.3, -0.25) is 9.59 Å². The molecule has 2 N–H and O–H groups in total. The number of carbonyl (C=O) groups is 1. The molecule has 6 nitrogen and oxygen atoms in total. The number of aliphatic hydroxyl groups is 1. The van der Waals surface area contributed by atoms with E-state index in [0.29, 0.717) is 6.54 Å². The van der Waals surface area contributed by atoms with Gasteiger partial charge in [-0.25, -0.2) is 4.98 Å². The molecule has 0 spiro atoms. The second kappa shape index (κ2) is 7.27. The standard InChI is InChI=1S/C19H19N3O3/c1-13(23)10-22(19(25)17-9-20-12-21-18(17)24)11-15-7-4-6-14-5-2-3-8-16(14)15/h2-9,12-13,23H,10-11H2,1H3,(H,20,21,24)/t13-/m0/s1. The number of nitrogens with zero attached hydrogens (tertiary/aromatic N) is 2. The highest BCUT2D eigenvalue weighted by Gasteiger charge is 2.21. The number of aliphatic hydroxyl groups excluding tert-OH is 1. The molecule has 0 saturated heterocycles. The van der Waals surface area contributed by atoms with Gasteiger partial charge in [-0.2, -0.15) is 0 Å². The smallest absolute Gasteiger partial charge is 0.263 e. The Morgan fingerprint density at radius 1 is 1.24 bits per heavy atom. The molecule has 6 heteroatoms. The average Bonchev–Trinajstić information content (AvgIpc) is 2.61. The number of rotatable bonds is 5. The Balaban J connectivity index is 1.97. The first-order valence-corrected chi connectivity index (χ1v) is 8.03. The maximum absolute atomic E-state index is 12.8. The van der Waals surface area contributed by atoms with Gasteiger partial charge in [0.2, 0.25) is 0 Å². The molecule has 3 aromatic rings. The second-order valence-electron chi connectivity index (χ2n) is 5.97. The van der Waals surface area contributed by atoms with Gasteiger partial charge in [-0.1, -0.05) is 42.5 Å². The molecule has 0 aliphatic carbocycles. The summed E-state index contributed by atoms with van der Waals surface area (Å²) in [6, 6.07) is 13.8. The summed E-state index contributed by atoms with van der Waals surface area (Å²) in [5.74, 6) is -0.455. The van der Waals surface area contributed by atoms with Crippen LogP contribution in [0.3, 0.4) is 0 Å². The van der Waals surface area contributed by atoms with Crippen LogP contribution in [0.15, 0.2) is 59.8 Å². The molecule has 1 atom stereocenters. The largest absolute Gasteiger partial charge is 0.392 e. The first-order valence-electron chi connectivity index (χ1n) is 8.03. The molecule has 0 bridgehead atoms. The van der Waals surface area contributed by atoms with E-state index in [0.717, 1.165) is 16.3 Å². The van der Waals surface area contributed by atoms with Gasteiger partial charge in [0.1, 0.15) is 5.56 Å². The lowest BCUT2D eigenvalue weighted by atomic mass is 10.0. The zero-order chi connectivity index (χ0) is 17.8. The van der Waals surface area contributed by atoms with Crippen LogP contribution in [-0.2, 0) is 6.54 Å². The number of aromatic amines is 1. The lowest BCUT2D eigenvalue weighted by Gasteiger charge is -2.24. The van der Waals surface area contributed by atoms with Gasteiger partial charge in [0.25, 0.3) is 11.5 Å². The zero-order valence-electron chi connectivity index (χ0n) is 13.8. The van der Waals surface area contributed by atoms with Crippen molar-refractivity contribution in [3.05, 3.63) is 76.5 Å². The first kappa shape index (κ1) is 16.9. The van der Waals surface area contributed by atoms with E-state index in [1.165, 1.54) is 17.4 Å². The quantitative estimate of drug-likeness (QED) is 0.745. The van der Waals surface area contributed by atoms with E-state index in [1.54, 1.807) is 6.92 Å². The van der Waals surface area contributed by atoms with E-state index in [1.807, 2.05) is 42.5 Å². The lowest BCUT2D eigenvalue weighted by Crippen LogP contribution is -2.38. The van der Waals surface area contributed by atoms with E-state index < -0.39 is 17.6 Å². The van der Waals surface area contributed by atoms with Crippen molar-refractivity contribution in [2.75, 3.05) is 6.54 Å². The number of amides is 1. The van der Waals surface area contributed by atoms with Crippen molar-refractivity contribution in [2.24, 2.45) is 0 Å². The zero-order valence-corrected chi connectivity index (χ0v) is 13.8. The number of hydrogen-bond acceptors (Lipinski definition) is 4. The summed E-state index contributed by atoms with van der Waals surface area (Å²) >= 11 is 0. The van der Waals surface area contributed by atoms with Crippen LogP contribution in [0.4, 0.5) is 0 Å². The normalized spacial score (nSPS) is 12.1. The van der Waals surface area contributed by atoms with Crippen LogP contribution in [0.1, 0.15) is 22.8 Å². The highest BCUT2D eigenvalue weighted by Crippen LogP contribution is 2.20. The van der Waals surface area contributed by atoms with E-state index in [-0.39, 0.29) is 12.1 Å². The Bertz CT molecular complexity index is 944. The summed E-state index contributed by atoms with van der Waals surface area (Å²) in [6.45, 7) is 2.02. The molecule has 128 valence electrons. The molecule has 3 rings (SSSR count). The van der Waals surface area contributed by atoms with Gasteiger partial charge in [-0.15, -0.1) is 0 Å². The van der Waals surface area contributed by atoms with Gasteiger partial charge < -0.3 is 15.0 Å². The van der Waals surface area contributed by atoms with Gasteiger partial charge in [-0.05, 0) is 23.3 Å². The van der Waals surface area contributed by atoms with Gasteiger partial charge in [0.15, 0.2) is 0 Å². The number of nitrogens with one attached hydrogen (secondary N) is 1. The maximum atomic E-state index is 12.8. The number of hydrogen-bond donors (Lipinski definition) is 2. The summed E-state index contributed by atoms with van der Waals surface area (Å²) in [7, 11) is 0. The molecular formula is C19H19N3O3. The van der Waals surface area contributed by atoms with Crippen LogP contribution < -0.4 is 5.56 Å². The molecular weight excluding hydrogens is 318 g/mol. The fraction of sp³-hybridized carbons (Fsp3) is 0.211. The molecule has 2 aromatic carbocycles. The highest BCUT2D eigenvalue weighted by atomic mass is 16.3.